The molecular weight excluding hydrogens is 236 g/mol. The van der Waals surface area contributed by atoms with Crippen molar-refractivity contribution in [3.05, 3.63) is 78.0 Å². The standard InChI is InChI=1S/C16H12N2O/c17-12-13-5-4-8-15(11-13)18-10-9-16(19)14-6-2-1-3-7-14/h1-11,18H/b10-9-. The van der Waals surface area contributed by atoms with Crippen LogP contribution in [0.3, 0.4) is 0 Å². The van der Waals surface area contributed by atoms with Crippen molar-refractivity contribution in [2.45, 2.75) is 0 Å². The minimum Gasteiger partial charge on any atom is -0.362 e. The highest BCUT2D eigenvalue weighted by Crippen LogP contribution is 2.09. The molecule has 0 saturated carbocycles. The van der Waals surface area contributed by atoms with Crippen LogP contribution in [0.4, 0.5) is 5.69 Å². The summed E-state index contributed by atoms with van der Waals surface area (Å²) in [6.07, 6.45) is 3.04. The van der Waals surface area contributed by atoms with Gasteiger partial charge in [-0.2, -0.15) is 5.26 Å². The van der Waals surface area contributed by atoms with Crippen molar-refractivity contribution >= 4 is 11.5 Å². The molecule has 0 radical (unpaired) electrons. The van der Waals surface area contributed by atoms with E-state index in [9.17, 15) is 4.79 Å². The normalized spacial score (nSPS) is 10.1. The summed E-state index contributed by atoms with van der Waals surface area (Å²) in [5.74, 6) is -0.0652. The Kier molecular flexibility index (Phi) is 4.09. The number of nitrogens with zero attached hydrogens (tertiary/aromatic N) is 1. The molecule has 0 amide bonds. The molecule has 0 saturated heterocycles. The molecule has 0 unspecified atom stereocenters. The number of ketones is 1. The van der Waals surface area contributed by atoms with Crippen molar-refractivity contribution in [3.8, 4) is 6.07 Å². The van der Waals surface area contributed by atoms with Crippen molar-refractivity contribution in [1.82, 2.24) is 0 Å². The number of allylic oxidation sites excluding steroid dienone is 1. The first-order chi connectivity index (χ1) is 9.29. The fourth-order valence-electron chi connectivity index (χ4n) is 1.59. The summed E-state index contributed by atoms with van der Waals surface area (Å²) in [5, 5.41) is 11.7. The van der Waals surface area contributed by atoms with Gasteiger partial charge < -0.3 is 5.32 Å². The fraction of sp³-hybridized carbons (Fsp3) is 0. The lowest BCUT2D eigenvalue weighted by Gasteiger charge is -2.00. The molecule has 2 rings (SSSR count). The van der Waals surface area contributed by atoms with Crippen LogP contribution in [0, 0.1) is 11.3 Å². The van der Waals surface area contributed by atoms with Crippen molar-refractivity contribution in [1.29, 1.82) is 5.26 Å². The second-order valence-electron chi connectivity index (χ2n) is 3.90. The number of carbonyl (C=O) groups is 1. The first-order valence-electron chi connectivity index (χ1n) is 5.82. The Morgan fingerprint density at radius 2 is 1.89 bits per heavy atom. The van der Waals surface area contributed by atoms with E-state index >= 15 is 0 Å². The van der Waals surface area contributed by atoms with Gasteiger partial charge in [0.15, 0.2) is 5.78 Å². The Balaban J connectivity index is 2.00. The summed E-state index contributed by atoms with van der Waals surface area (Å²) in [4.78, 5) is 11.8. The van der Waals surface area contributed by atoms with E-state index in [1.54, 1.807) is 36.5 Å². The van der Waals surface area contributed by atoms with E-state index in [0.717, 1.165) is 5.69 Å². The minimum atomic E-state index is -0.0652. The second-order valence-corrected chi connectivity index (χ2v) is 3.90. The van der Waals surface area contributed by atoms with E-state index in [2.05, 4.69) is 11.4 Å². The number of hydrogen-bond donors (Lipinski definition) is 1. The van der Waals surface area contributed by atoms with Crippen LogP contribution >= 0.6 is 0 Å². The van der Waals surface area contributed by atoms with Gasteiger partial charge in [0.25, 0.3) is 0 Å². The third-order valence-electron chi connectivity index (χ3n) is 2.53. The zero-order chi connectivity index (χ0) is 13.5. The van der Waals surface area contributed by atoms with Gasteiger partial charge in [0.1, 0.15) is 0 Å². The van der Waals surface area contributed by atoms with Crippen molar-refractivity contribution in [3.63, 3.8) is 0 Å². The van der Waals surface area contributed by atoms with Crippen LogP contribution < -0.4 is 5.32 Å². The molecular formula is C16H12N2O. The number of nitrogens with one attached hydrogen (secondary N) is 1. The number of rotatable bonds is 4. The van der Waals surface area contributed by atoms with Gasteiger partial charge in [-0.25, -0.2) is 0 Å². The Hall–Kier alpha value is -2.86. The van der Waals surface area contributed by atoms with Crippen molar-refractivity contribution in [2.24, 2.45) is 0 Å². The summed E-state index contributed by atoms with van der Waals surface area (Å²) < 4.78 is 0. The van der Waals surface area contributed by atoms with Gasteiger partial charge in [-0.1, -0.05) is 36.4 Å². The smallest absolute Gasteiger partial charge is 0.187 e. The second kappa shape index (κ2) is 6.18. The molecule has 0 aromatic heterocycles. The summed E-state index contributed by atoms with van der Waals surface area (Å²) >= 11 is 0. The van der Waals surface area contributed by atoms with Gasteiger partial charge in [0.05, 0.1) is 11.6 Å². The largest absolute Gasteiger partial charge is 0.362 e. The lowest BCUT2D eigenvalue weighted by molar-refractivity contribution is 0.104. The van der Waals surface area contributed by atoms with Gasteiger partial charge in [-0.05, 0) is 18.2 Å². The topological polar surface area (TPSA) is 52.9 Å². The first-order valence-corrected chi connectivity index (χ1v) is 5.82. The molecule has 0 atom stereocenters. The third kappa shape index (κ3) is 3.55. The average Bonchev–Trinajstić information content (AvgIpc) is 2.48. The zero-order valence-electron chi connectivity index (χ0n) is 10.2. The lowest BCUT2D eigenvalue weighted by atomic mass is 10.1. The summed E-state index contributed by atoms with van der Waals surface area (Å²) in [6, 6.07) is 18.2. The monoisotopic (exact) mass is 248 g/mol. The van der Waals surface area contributed by atoms with Crippen molar-refractivity contribution < 1.29 is 4.79 Å². The molecule has 0 heterocycles. The van der Waals surface area contributed by atoms with Gasteiger partial charge in [0, 0.05) is 23.5 Å². The highest BCUT2D eigenvalue weighted by molar-refractivity contribution is 6.04. The van der Waals surface area contributed by atoms with E-state index in [-0.39, 0.29) is 5.78 Å². The van der Waals surface area contributed by atoms with Crippen LogP contribution in [0.2, 0.25) is 0 Å². The van der Waals surface area contributed by atoms with Gasteiger partial charge in [-0.15, -0.1) is 0 Å². The van der Waals surface area contributed by atoms with Gasteiger partial charge >= 0.3 is 0 Å². The predicted molar refractivity (Wildman–Crippen MR) is 74.7 cm³/mol. The number of anilines is 1. The Bertz CT molecular complexity index is 639. The van der Waals surface area contributed by atoms with Crippen LogP contribution in [0.25, 0.3) is 0 Å². The maximum absolute atomic E-state index is 11.8. The van der Waals surface area contributed by atoms with E-state index in [1.807, 2.05) is 24.3 Å². The molecule has 0 bridgehead atoms. The molecule has 0 fully saturated rings. The Morgan fingerprint density at radius 3 is 2.63 bits per heavy atom. The molecule has 3 heteroatoms. The molecule has 1 N–H and O–H groups in total. The van der Waals surface area contributed by atoms with Gasteiger partial charge in [-0.3, -0.25) is 4.79 Å². The first kappa shape index (κ1) is 12.6. The molecule has 19 heavy (non-hydrogen) atoms. The quantitative estimate of drug-likeness (QED) is 0.666. The Labute approximate surface area is 111 Å². The van der Waals surface area contributed by atoms with Crippen LogP contribution in [-0.2, 0) is 0 Å². The SMILES string of the molecule is N#Cc1cccc(N/C=C\C(=O)c2ccccc2)c1. The summed E-state index contributed by atoms with van der Waals surface area (Å²) in [7, 11) is 0. The molecule has 2 aromatic rings. The van der Waals surface area contributed by atoms with Gasteiger partial charge in [0.2, 0.25) is 0 Å². The molecule has 2 aromatic carbocycles. The van der Waals surface area contributed by atoms with E-state index in [4.69, 9.17) is 5.26 Å². The Morgan fingerprint density at radius 1 is 1.11 bits per heavy atom. The highest BCUT2D eigenvalue weighted by Gasteiger charge is 1.99. The number of nitriles is 1. The highest BCUT2D eigenvalue weighted by atomic mass is 16.1. The summed E-state index contributed by atoms with van der Waals surface area (Å²) in [5.41, 5.74) is 2.00. The van der Waals surface area contributed by atoms with Crippen molar-refractivity contribution in [2.75, 3.05) is 5.32 Å². The molecule has 0 aliphatic rings. The predicted octanol–water partition coefficient (Wildman–Crippen LogP) is 3.37. The lowest BCUT2D eigenvalue weighted by Crippen LogP contribution is -1.95. The minimum absolute atomic E-state index is 0.0652. The van der Waals surface area contributed by atoms with Crippen LogP contribution in [-0.4, -0.2) is 5.78 Å². The zero-order valence-corrected chi connectivity index (χ0v) is 10.2. The molecule has 92 valence electrons. The maximum atomic E-state index is 11.8. The number of carbonyl (C=O) groups excluding carboxylic acids is 1. The maximum Gasteiger partial charge on any atom is 0.187 e. The number of hydrogen-bond acceptors (Lipinski definition) is 3. The van der Waals surface area contributed by atoms with E-state index in [0.29, 0.717) is 11.1 Å². The number of benzene rings is 2. The van der Waals surface area contributed by atoms with E-state index in [1.165, 1.54) is 6.08 Å². The fourth-order valence-corrected chi connectivity index (χ4v) is 1.59. The molecule has 3 nitrogen and oxygen atoms in total. The van der Waals surface area contributed by atoms with E-state index < -0.39 is 0 Å². The van der Waals surface area contributed by atoms with Crippen LogP contribution in [0.15, 0.2) is 66.9 Å². The molecule has 0 aliphatic heterocycles. The molecule has 0 spiro atoms. The average molecular weight is 248 g/mol. The summed E-state index contributed by atoms with van der Waals surface area (Å²) in [6.45, 7) is 0. The van der Waals surface area contributed by atoms with Crippen LogP contribution in [0.1, 0.15) is 15.9 Å². The molecule has 0 aliphatic carbocycles. The van der Waals surface area contributed by atoms with Crippen LogP contribution in [0.5, 0.6) is 0 Å². The third-order valence-corrected chi connectivity index (χ3v) is 2.53.